The number of carbonyl (C=O) groups is 4. The van der Waals surface area contributed by atoms with Gasteiger partial charge in [0.25, 0.3) is 0 Å². The van der Waals surface area contributed by atoms with E-state index in [0.29, 0.717) is 90.0 Å². The fraction of sp³-hybridized carbons (Fsp3) is 0.662. The first-order valence-electron chi connectivity index (χ1n) is 30.5. The number of carbonyl (C=O) groups excluding carboxylic acids is 4. The van der Waals surface area contributed by atoms with Gasteiger partial charge in [-0.05, 0) is 219 Å². The van der Waals surface area contributed by atoms with Crippen molar-refractivity contribution in [3.63, 3.8) is 0 Å². The minimum absolute atomic E-state index is 0.173. The summed E-state index contributed by atoms with van der Waals surface area (Å²) in [6.07, 6.45) is 8.88. The van der Waals surface area contributed by atoms with E-state index in [1.165, 1.54) is 63.0 Å². The first-order chi connectivity index (χ1) is 39.6. The highest BCUT2D eigenvalue weighted by Gasteiger charge is 2.41. The number of aliphatic hydroxyl groups is 1. The zero-order valence-electron chi connectivity index (χ0n) is 51.7. The Hall–Kier alpha value is -5.31. The molecule has 0 unspecified atom stereocenters. The molecular weight excluding hydrogens is 1080 g/mol. The molecule has 0 bridgehead atoms. The van der Waals surface area contributed by atoms with Gasteiger partial charge in [-0.3, -0.25) is 4.79 Å². The Morgan fingerprint density at radius 1 is 0.488 bits per heavy atom. The summed E-state index contributed by atoms with van der Waals surface area (Å²) < 4.78 is 69.5. The molecule has 84 heavy (non-hydrogen) atoms. The molecular formula is C65H97F3N6O10. The highest BCUT2D eigenvalue weighted by molar-refractivity contribution is 5.81. The minimum atomic E-state index is -1.08. The Bertz CT molecular complexity index is 2540. The summed E-state index contributed by atoms with van der Waals surface area (Å²) in [5.41, 5.74) is -1.05. The first kappa shape index (κ1) is 67.8. The normalized spacial score (nSPS) is 20.1. The second kappa shape index (κ2) is 30.9. The molecule has 0 aliphatic carbocycles. The Morgan fingerprint density at radius 2 is 0.821 bits per heavy atom. The number of nitrogens with zero attached hydrogens (tertiary/aromatic N) is 5. The molecule has 2 N–H and O–H groups in total. The zero-order valence-corrected chi connectivity index (χ0v) is 51.7. The summed E-state index contributed by atoms with van der Waals surface area (Å²) in [5.74, 6) is -0.566. The SMILES string of the molecule is CC(C)(C)OC(=O)N1CCC(=O)CC1.CC(C)(C)OC(=O)N1CCC(O)(c2cccc(F)c2)CC1.CC(C)(C)OC(=O)N1CCC(OCCN2CCCC2)(c2cccc(F)c2)CC1.Fc1cccc(C2(OCCN3CCCC3)CCNCC2)c1. The van der Waals surface area contributed by atoms with Crippen molar-refractivity contribution < 1.29 is 61.1 Å². The number of amides is 3. The number of likely N-dealkylation sites (tertiary alicyclic amines) is 5. The topological polar surface area (TPSA) is 163 Å². The Labute approximate surface area is 498 Å². The van der Waals surface area contributed by atoms with E-state index in [0.717, 1.165) is 69.8 Å². The van der Waals surface area contributed by atoms with Gasteiger partial charge in [0.2, 0.25) is 0 Å². The summed E-state index contributed by atoms with van der Waals surface area (Å²) in [7, 11) is 0. The molecule has 0 aromatic heterocycles. The average molecular weight is 1180 g/mol. The second-order valence-corrected chi connectivity index (χ2v) is 26.0. The molecule has 19 heteroatoms. The number of benzene rings is 3. The van der Waals surface area contributed by atoms with Crippen LogP contribution in [0.25, 0.3) is 0 Å². The molecule has 6 aliphatic heterocycles. The maximum absolute atomic E-state index is 13.9. The van der Waals surface area contributed by atoms with Gasteiger partial charge in [-0.2, -0.15) is 0 Å². The molecule has 16 nitrogen and oxygen atoms in total. The molecule has 9 rings (SSSR count). The standard InChI is InChI=1S/C22H33FN2O3.C17H25FN2O.C16H22FNO3.C10H17NO3/c1-21(2,3)28-20(26)25-13-9-22(10-14-25,18-7-6-8-19(23)17-18)27-16-15-24-11-4-5-12-24;18-16-5-3-4-15(14-16)17(6-8-19-9-7-17)21-13-12-20-10-1-2-11-20;1-15(2,3)21-14(19)18-9-7-16(20,8-10-18)12-5-4-6-13(17)11-12;1-10(2,3)14-9(13)11-6-4-8(12)5-7-11/h6-8,17H,4-5,9-16H2,1-3H3;3-5,14,19H,1-2,6-13H2;4-6,11,20H,7-10H2,1-3H3;4-7H2,1-3H3. The quantitative estimate of drug-likeness (QED) is 0.175. The van der Waals surface area contributed by atoms with Crippen LogP contribution in [0.5, 0.6) is 0 Å². The van der Waals surface area contributed by atoms with Crippen LogP contribution in [0.4, 0.5) is 27.6 Å². The summed E-state index contributed by atoms with van der Waals surface area (Å²) in [6.45, 7) is 29.1. The van der Waals surface area contributed by atoms with Gasteiger partial charge in [0.15, 0.2) is 0 Å². The summed E-state index contributed by atoms with van der Waals surface area (Å²) in [6, 6.07) is 19.6. The van der Waals surface area contributed by atoms with Crippen molar-refractivity contribution in [3.8, 4) is 0 Å². The summed E-state index contributed by atoms with van der Waals surface area (Å²) in [5, 5.41) is 14.0. The van der Waals surface area contributed by atoms with Crippen LogP contribution in [0.15, 0.2) is 72.8 Å². The first-order valence-corrected chi connectivity index (χ1v) is 30.5. The van der Waals surface area contributed by atoms with Crippen molar-refractivity contribution in [1.29, 1.82) is 0 Å². The molecule has 0 spiro atoms. The number of hydrogen-bond donors (Lipinski definition) is 2. The van der Waals surface area contributed by atoms with Gasteiger partial charge in [0.05, 0.1) is 30.0 Å². The Balaban J connectivity index is 0.000000184. The molecule has 0 atom stereocenters. The number of ketones is 1. The van der Waals surface area contributed by atoms with E-state index in [1.54, 1.807) is 51.1 Å². The molecule has 0 radical (unpaired) electrons. The van der Waals surface area contributed by atoms with Crippen molar-refractivity contribution >= 4 is 24.1 Å². The number of rotatable bonds is 11. The van der Waals surface area contributed by atoms with Gasteiger partial charge in [0.1, 0.15) is 40.0 Å². The molecule has 468 valence electrons. The maximum Gasteiger partial charge on any atom is 0.410 e. The van der Waals surface area contributed by atoms with Crippen molar-refractivity contribution in [2.45, 2.75) is 173 Å². The number of hydrogen-bond acceptors (Lipinski definition) is 13. The van der Waals surface area contributed by atoms with Crippen LogP contribution in [0.1, 0.15) is 156 Å². The predicted molar refractivity (Wildman–Crippen MR) is 318 cm³/mol. The van der Waals surface area contributed by atoms with Crippen LogP contribution in [-0.2, 0) is 45.3 Å². The monoisotopic (exact) mass is 1180 g/mol. The van der Waals surface area contributed by atoms with E-state index in [-0.39, 0.29) is 47.1 Å². The molecule has 3 aromatic carbocycles. The fourth-order valence-corrected chi connectivity index (χ4v) is 11.3. The lowest BCUT2D eigenvalue weighted by Crippen LogP contribution is -2.48. The lowest BCUT2D eigenvalue weighted by Gasteiger charge is -2.42. The largest absolute Gasteiger partial charge is 0.444 e. The van der Waals surface area contributed by atoms with Gasteiger partial charge in [-0.15, -0.1) is 0 Å². The van der Waals surface area contributed by atoms with E-state index < -0.39 is 28.0 Å². The highest BCUT2D eigenvalue weighted by atomic mass is 19.1. The van der Waals surface area contributed by atoms with Crippen molar-refractivity contribution in [2.24, 2.45) is 0 Å². The van der Waals surface area contributed by atoms with Gasteiger partial charge < -0.3 is 58.6 Å². The molecule has 3 amide bonds. The Morgan fingerprint density at radius 3 is 1.19 bits per heavy atom. The second-order valence-electron chi connectivity index (χ2n) is 26.0. The van der Waals surface area contributed by atoms with E-state index >= 15 is 0 Å². The molecule has 6 saturated heterocycles. The number of Topliss-reactive ketones (excluding diaryl/α,β-unsaturated/α-hetero) is 1. The van der Waals surface area contributed by atoms with Gasteiger partial charge in [0, 0.05) is 65.2 Å². The van der Waals surface area contributed by atoms with Crippen molar-refractivity contribution in [3.05, 3.63) is 107 Å². The molecule has 6 heterocycles. The highest BCUT2D eigenvalue weighted by Crippen LogP contribution is 2.39. The maximum atomic E-state index is 13.9. The van der Waals surface area contributed by atoms with Crippen LogP contribution >= 0.6 is 0 Å². The smallest absolute Gasteiger partial charge is 0.410 e. The summed E-state index contributed by atoms with van der Waals surface area (Å²) >= 11 is 0. The third-order valence-electron chi connectivity index (χ3n) is 15.9. The lowest BCUT2D eigenvalue weighted by molar-refractivity contribution is -0.121. The molecule has 6 fully saturated rings. The Kier molecular flexibility index (Phi) is 24.9. The van der Waals surface area contributed by atoms with Crippen LogP contribution in [0.2, 0.25) is 0 Å². The number of piperidine rings is 4. The average Bonchev–Trinajstić information content (AvgIpc) is 2.94. The lowest BCUT2D eigenvalue weighted by atomic mass is 9.84. The van der Waals surface area contributed by atoms with E-state index in [1.807, 2.05) is 74.4 Å². The third kappa shape index (κ3) is 21.9. The van der Waals surface area contributed by atoms with Gasteiger partial charge in [-0.25, -0.2) is 27.6 Å². The minimum Gasteiger partial charge on any atom is -0.444 e. The van der Waals surface area contributed by atoms with Gasteiger partial charge in [-0.1, -0.05) is 36.4 Å². The van der Waals surface area contributed by atoms with Crippen molar-refractivity contribution in [2.75, 3.05) is 105 Å². The molecule has 3 aromatic rings. The predicted octanol–water partition coefficient (Wildman–Crippen LogP) is 11.3. The van der Waals surface area contributed by atoms with E-state index in [2.05, 4.69) is 15.1 Å². The van der Waals surface area contributed by atoms with E-state index in [9.17, 15) is 37.5 Å². The third-order valence-corrected chi connectivity index (χ3v) is 15.9. The van der Waals surface area contributed by atoms with Crippen molar-refractivity contribution in [1.82, 2.24) is 29.8 Å². The number of halogens is 3. The zero-order chi connectivity index (χ0) is 61.2. The fourth-order valence-electron chi connectivity index (χ4n) is 11.3. The van der Waals surface area contributed by atoms with Gasteiger partial charge >= 0.3 is 18.3 Å². The van der Waals surface area contributed by atoms with Crippen LogP contribution in [0, 0.1) is 17.5 Å². The van der Waals surface area contributed by atoms with Crippen LogP contribution < -0.4 is 5.32 Å². The van der Waals surface area contributed by atoms with Crippen LogP contribution in [-0.4, -0.2) is 175 Å². The number of nitrogens with one attached hydrogen (secondary N) is 1. The van der Waals surface area contributed by atoms with E-state index in [4.69, 9.17) is 23.7 Å². The number of ether oxygens (including phenoxy) is 5. The molecule has 6 aliphatic rings. The summed E-state index contributed by atoms with van der Waals surface area (Å²) in [4.78, 5) is 56.6. The molecule has 0 saturated carbocycles. The van der Waals surface area contributed by atoms with Crippen LogP contribution in [0.3, 0.4) is 0 Å².